The van der Waals surface area contributed by atoms with Crippen molar-refractivity contribution in [2.24, 2.45) is 0 Å². The van der Waals surface area contributed by atoms with Crippen LogP contribution in [0.25, 0.3) is 0 Å². The van der Waals surface area contributed by atoms with Gasteiger partial charge in [0.1, 0.15) is 0 Å². The first-order valence-corrected chi connectivity index (χ1v) is 7.64. The van der Waals surface area contributed by atoms with Gasteiger partial charge in [0.2, 0.25) is 10.0 Å². The summed E-state index contributed by atoms with van der Waals surface area (Å²) in [6.07, 6.45) is 5.63. The van der Waals surface area contributed by atoms with Crippen LogP contribution < -0.4 is 5.32 Å². The predicted molar refractivity (Wildman–Crippen MR) is 80.8 cm³/mol. The quantitative estimate of drug-likeness (QED) is 0.777. The third-order valence-electron chi connectivity index (χ3n) is 2.83. The molecule has 0 spiro atoms. The zero-order valence-corrected chi connectivity index (χ0v) is 12.9. The van der Waals surface area contributed by atoms with E-state index in [1.807, 2.05) is 6.92 Å². The Balaban J connectivity index is 3.27. The van der Waals surface area contributed by atoms with E-state index in [2.05, 4.69) is 11.2 Å². The highest BCUT2D eigenvalue weighted by Gasteiger charge is 2.21. The van der Waals surface area contributed by atoms with E-state index in [-0.39, 0.29) is 16.5 Å². The number of anilines is 1. The van der Waals surface area contributed by atoms with E-state index >= 15 is 0 Å². The summed E-state index contributed by atoms with van der Waals surface area (Å²) in [4.78, 5) is 11.3. The zero-order chi connectivity index (χ0) is 16.2. The number of hydrogen-bond acceptors (Lipinski definition) is 4. The molecular formula is C14H18N2O4S. The second-order valence-electron chi connectivity index (χ2n) is 4.75. The fourth-order valence-electron chi connectivity index (χ4n) is 1.69. The summed E-state index contributed by atoms with van der Waals surface area (Å²) in [5.41, 5.74) is 0.227. The fraction of sp³-hybridized carbons (Fsp3) is 0.357. The molecule has 6 nitrogen and oxygen atoms in total. The minimum absolute atomic E-state index is 0.0694. The molecule has 1 unspecified atom stereocenters. The SMILES string of the molecule is C#CCC(C)Nc1ccc(S(=O)(=O)N(C)C)cc1C(=O)O. The molecule has 0 aliphatic heterocycles. The molecule has 21 heavy (non-hydrogen) atoms. The Labute approximate surface area is 124 Å². The van der Waals surface area contributed by atoms with Gasteiger partial charge < -0.3 is 10.4 Å². The Morgan fingerprint density at radius 3 is 2.57 bits per heavy atom. The van der Waals surface area contributed by atoms with E-state index in [9.17, 15) is 18.3 Å². The van der Waals surface area contributed by atoms with Gasteiger partial charge >= 0.3 is 5.97 Å². The number of carboxylic acids is 1. The minimum Gasteiger partial charge on any atom is -0.478 e. The number of carboxylic acid groups (broad SMARTS) is 1. The van der Waals surface area contributed by atoms with Crippen molar-refractivity contribution < 1.29 is 18.3 Å². The highest BCUT2D eigenvalue weighted by atomic mass is 32.2. The Morgan fingerprint density at radius 1 is 1.48 bits per heavy atom. The molecule has 114 valence electrons. The van der Waals surface area contributed by atoms with Crippen LogP contribution in [0.2, 0.25) is 0 Å². The maximum atomic E-state index is 12.0. The summed E-state index contributed by atoms with van der Waals surface area (Å²) in [5, 5.41) is 12.2. The maximum Gasteiger partial charge on any atom is 0.337 e. The summed E-state index contributed by atoms with van der Waals surface area (Å²) in [6, 6.07) is 3.83. The topological polar surface area (TPSA) is 86.7 Å². The zero-order valence-electron chi connectivity index (χ0n) is 12.1. The average Bonchev–Trinajstić information content (AvgIpc) is 2.38. The van der Waals surface area contributed by atoms with Gasteiger partial charge in [-0.2, -0.15) is 0 Å². The number of nitrogens with zero attached hydrogens (tertiary/aromatic N) is 1. The molecule has 2 N–H and O–H groups in total. The van der Waals surface area contributed by atoms with Crippen molar-refractivity contribution >= 4 is 21.7 Å². The molecule has 0 aliphatic carbocycles. The first-order valence-electron chi connectivity index (χ1n) is 6.20. The Hall–Kier alpha value is -2.04. The molecule has 0 amide bonds. The van der Waals surface area contributed by atoms with E-state index in [4.69, 9.17) is 6.42 Å². The summed E-state index contributed by atoms with van der Waals surface area (Å²) >= 11 is 0. The van der Waals surface area contributed by atoms with E-state index < -0.39 is 16.0 Å². The van der Waals surface area contributed by atoms with Crippen molar-refractivity contribution in [3.05, 3.63) is 23.8 Å². The van der Waals surface area contributed by atoms with Gasteiger partial charge in [-0.05, 0) is 25.1 Å². The Bertz CT molecular complexity index is 675. The molecule has 1 aromatic rings. The van der Waals surface area contributed by atoms with Crippen LogP contribution in [-0.2, 0) is 10.0 Å². The standard InChI is InChI=1S/C14H18N2O4S/c1-5-6-10(2)15-13-8-7-11(9-12(13)14(17)18)21(19,20)16(3)4/h1,7-10,15H,6H2,2-4H3,(H,17,18). The Kier molecular flexibility index (Phi) is 5.35. The second-order valence-corrected chi connectivity index (χ2v) is 6.91. The van der Waals surface area contributed by atoms with Gasteiger partial charge in [-0.15, -0.1) is 12.3 Å². The van der Waals surface area contributed by atoms with Gasteiger partial charge in [0.05, 0.1) is 10.5 Å². The molecule has 0 heterocycles. The highest BCUT2D eigenvalue weighted by Crippen LogP contribution is 2.23. The molecule has 0 saturated heterocycles. The molecule has 0 aromatic heterocycles. The molecule has 1 rings (SSSR count). The van der Waals surface area contributed by atoms with Crippen molar-refractivity contribution in [1.82, 2.24) is 4.31 Å². The van der Waals surface area contributed by atoms with Gasteiger partial charge in [-0.3, -0.25) is 0 Å². The van der Waals surface area contributed by atoms with Crippen LogP contribution in [-0.4, -0.2) is 43.9 Å². The molecule has 0 saturated carbocycles. The third kappa shape index (κ3) is 3.97. The van der Waals surface area contributed by atoms with E-state index in [0.717, 1.165) is 10.4 Å². The van der Waals surface area contributed by atoms with Gasteiger partial charge in [0.15, 0.2) is 0 Å². The summed E-state index contributed by atoms with van der Waals surface area (Å²) in [6.45, 7) is 1.82. The van der Waals surface area contributed by atoms with Crippen LogP contribution in [0.5, 0.6) is 0 Å². The van der Waals surface area contributed by atoms with Crippen molar-refractivity contribution in [3.63, 3.8) is 0 Å². The number of nitrogens with one attached hydrogen (secondary N) is 1. The number of terminal acetylenes is 1. The van der Waals surface area contributed by atoms with Gasteiger partial charge in [0.25, 0.3) is 0 Å². The van der Waals surface area contributed by atoms with Gasteiger partial charge in [0, 0.05) is 32.2 Å². The monoisotopic (exact) mass is 310 g/mol. The molecule has 1 aromatic carbocycles. The lowest BCUT2D eigenvalue weighted by Crippen LogP contribution is -2.23. The number of sulfonamides is 1. The van der Waals surface area contributed by atoms with E-state index in [1.165, 1.54) is 26.2 Å². The van der Waals surface area contributed by atoms with Crippen LogP contribution >= 0.6 is 0 Å². The third-order valence-corrected chi connectivity index (χ3v) is 4.64. The van der Waals surface area contributed by atoms with Crippen LogP contribution in [0.4, 0.5) is 5.69 Å². The molecule has 0 bridgehead atoms. The van der Waals surface area contributed by atoms with E-state index in [0.29, 0.717) is 12.1 Å². The van der Waals surface area contributed by atoms with Crippen LogP contribution in [0, 0.1) is 12.3 Å². The van der Waals surface area contributed by atoms with Crippen LogP contribution in [0.1, 0.15) is 23.7 Å². The lowest BCUT2D eigenvalue weighted by molar-refractivity contribution is 0.0697. The lowest BCUT2D eigenvalue weighted by Gasteiger charge is -2.17. The van der Waals surface area contributed by atoms with Gasteiger partial charge in [-0.1, -0.05) is 0 Å². The van der Waals surface area contributed by atoms with Crippen molar-refractivity contribution in [3.8, 4) is 12.3 Å². The highest BCUT2D eigenvalue weighted by molar-refractivity contribution is 7.89. The largest absolute Gasteiger partial charge is 0.478 e. The van der Waals surface area contributed by atoms with Crippen molar-refractivity contribution in [2.45, 2.75) is 24.3 Å². The predicted octanol–water partition coefficient (Wildman–Crippen LogP) is 1.46. The smallest absolute Gasteiger partial charge is 0.337 e. The fourth-order valence-corrected chi connectivity index (χ4v) is 2.62. The average molecular weight is 310 g/mol. The molecule has 0 fully saturated rings. The lowest BCUT2D eigenvalue weighted by atomic mass is 10.1. The first-order chi connectivity index (χ1) is 9.70. The normalized spacial score (nSPS) is 12.7. The number of rotatable bonds is 6. The van der Waals surface area contributed by atoms with Crippen LogP contribution in [0.3, 0.4) is 0 Å². The Morgan fingerprint density at radius 2 is 2.10 bits per heavy atom. The second kappa shape index (κ2) is 6.61. The molecule has 0 radical (unpaired) electrons. The van der Waals surface area contributed by atoms with Gasteiger partial charge in [-0.25, -0.2) is 17.5 Å². The number of benzene rings is 1. The van der Waals surface area contributed by atoms with E-state index in [1.54, 1.807) is 0 Å². The minimum atomic E-state index is -3.68. The summed E-state index contributed by atoms with van der Waals surface area (Å²) < 4.78 is 25.1. The summed E-state index contributed by atoms with van der Waals surface area (Å²) in [5.74, 6) is 1.27. The summed E-state index contributed by atoms with van der Waals surface area (Å²) in [7, 11) is -0.907. The molecule has 7 heteroatoms. The molecular weight excluding hydrogens is 292 g/mol. The van der Waals surface area contributed by atoms with Crippen molar-refractivity contribution in [1.29, 1.82) is 0 Å². The maximum absolute atomic E-state index is 12.0. The molecule has 0 aliphatic rings. The number of carbonyl (C=O) groups is 1. The number of hydrogen-bond donors (Lipinski definition) is 2. The first kappa shape index (κ1) is 17.0. The van der Waals surface area contributed by atoms with Crippen molar-refractivity contribution in [2.75, 3.05) is 19.4 Å². The van der Waals surface area contributed by atoms with Crippen LogP contribution in [0.15, 0.2) is 23.1 Å². The molecule has 1 atom stereocenters. The number of aromatic carboxylic acids is 1.